The maximum absolute atomic E-state index is 11.7. The van der Waals surface area contributed by atoms with Crippen molar-refractivity contribution in [1.29, 1.82) is 10.5 Å². The average Bonchev–Trinajstić information content (AvgIpc) is 2.47. The van der Waals surface area contributed by atoms with Crippen molar-refractivity contribution < 1.29 is 4.79 Å². The number of pyridine rings is 1. The second kappa shape index (κ2) is 10.6. The Balaban J connectivity index is 0.00000242. The molecule has 1 aromatic rings. The molecule has 1 atom stereocenters. The third-order valence-electron chi connectivity index (χ3n) is 3.27. The van der Waals surface area contributed by atoms with Crippen LogP contribution in [-0.4, -0.2) is 48.0 Å². The number of amides is 1. The van der Waals surface area contributed by atoms with Gasteiger partial charge in [0.25, 0.3) is 0 Å². The van der Waals surface area contributed by atoms with E-state index in [1.54, 1.807) is 17.0 Å². The molecule has 2 heterocycles. The molecule has 2 N–H and O–H groups in total. The maximum Gasteiger partial charge on any atom is 0.237 e. The summed E-state index contributed by atoms with van der Waals surface area (Å²) in [6.07, 6.45) is 2.28. The van der Waals surface area contributed by atoms with Gasteiger partial charge in [-0.2, -0.15) is 10.5 Å². The zero-order valence-corrected chi connectivity index (χ0v) is 14.0. The van der Waals surface area contributed by atoms with Gasteiger partial charge in [-0.05, 0) is 18.6 Å². The van der Waals surface area contributed by atoms with Crippen LogP contribution < -0.4 is 10.6 Å². The molecule has 0 aliphatic carbocycles. The molecule has 1 saturated heterocycles. The number of rotatable bonds is 6. The van der Waals surface area contributed by atoms with E-state index in [4.69, 9.17) is 10.5 Å². The van der Waals surface area contributed by atoms with Crippen LogP contribution in [0.5, 0.6) is 0 Å². The number of likely N-dealkylation sites (tertiary alicyclic amines) is 1. The summed E-state index contributed by atoms with van der Waals surface area (Å²) in [7, 11) is 0. The first-order chi connectivity index (χ1) is 10.2. The summed E-state index contributed by atoms with van der Waals surface area (Å²) in [4.78, 5) is 17.4. The molecule has 0 radical (unpaired) electrons. The Morgan fingerprint density at radius 2 is 2.13 bits per heavy atom. The Bertz CT molecular complexity index is 580. The molecule has 2 rings (SSSR count). The summed E-state index contributed by atoms with van der Waals surface area (Å²) in [5.41, 5.74) is 0.519. The van der Waals surface area contributed by atoms with E-state index in [1.807, 2.05) is 6.07 Å². The van der Waals surface area contributed by atoms with Gasteiger partial charge in [-0.3, -0.25) is 4.79 Å². The molecule has 0 saturated carbocycles. The van der Waals surface area contributed by atoms with Crippen LogP contribution in [-0.2, 0) is 4.79 Å². The van der Waals surface area contributed by atoms with Crippen LogP contribution in [0.25, 0.3) is 0 Å². The summed E-state index contributed by atoms with van der Waals surface area (Å²) in [5.74, 6) is 0.652. The average molecular weight is 357 g/mol. The number of nitrogens with zero attached hydrogens (tertiary/aromatic N) is 4. The predicted molar refractivity (Wildman–Crippen MR) is 90.5 cm³/mol. The van der Waals surface area contributed by atoms with E-state index in [1.165, 1.54) is 6.20 Å². The molecule has 0 aromatic carbocycles. The fraction of sp³-hybridized carbons (Fsp3) is 0.429. The van der Waals surface area contributed by atoms with Crippen LogP contribution in [0.2, 0.25) is 0 Å². The number of hydrogen-bond donors (Lipinski definition) is 2. The summed E-state index contributed by atoms with van der Waals surface area (Å²) >= 11 is 0. The van der Waals surface area contributed by atoms with Gasteiger partial charge in [-0.15, -0.1) is 24.8 Å². The Morgan fingerprint density at radius 3 is 2.65 bits per heavy atom. The summed E-state index contributed by atoms with van der Waals surface area (Å²) < 4.78 is 0. The number of aromatic nitrogens is 1. The van der Waals surface area contributed by atoms with Gasteiger partial charge in [0.1, 0.15) is 17.9 Å². The first-order valence-electron chi connectivity index (χ1n) is 6.74. The molecule has 7 nitrogen and oxygen atoms in total. The number of carbonyl (C=O) groups is 1. The lowest BCUT2D eigenvalue weighted by Crippen LogP contribution is -2.53. The van der Waals surface area contributed by atoms with Gasteiger partial charge in [0, 0.05) is 25.8 Å². The van der Waals surface area contributed by atoms with Crippen molar-refractivity contribution in [3.8, 4) is 12.1 Å². The molecule has 124 valence electrons. The van der Waals surface area contributed by atoms with Crippen molar-refractivity contribution in [2.24, 2.45) is 0 Å². The van der Waals surface area contributed by atoms with Crippen LogP contribution in [0, 0.1) is 22.7 Å². The van der Waals surface area contributed by atoms with Crippen LogP contribution in [0.1, 0.15) is 12.0 Å². The van der Waals surface area contributed by atoms with E-state index in [-0.39, 0.29) is 43.3 Å². The van der Waals surface area contributed by atoms with Crippen molar-refractivity contribution in [1.82, 2.24) is 15.2 Å². The lowest BCUT2D eigenvalue weighted by molar-refractivity contribution is -0.135. The molecular formula is C14H18Cl2N6O. The lowest BCUT2D eigenvalue weighted by Gasteiger charge is -2.36. The number of halogens is 2. The Labute approximate surface area is 147 Å². The van der Waals surface area contributed by atoms with E-state index < -0.39 is 0 Å². The monoisotopic (exact) mass is 356 g/mol. The third kappa shape index (κ3) is 5.91. The summed E-state index contributed by atoms with van der Waals surface area (Å²) in [6.45, 7) is 2.14. The topological polar surface area (TPSA) is 105 Å². The van der Waals surface area contributed by atoms with Gasteiger partial charge >= 0.3 is 0 Å². The first kappa shape index (κ1) is 20.9. The van der Waals surface area contributed by atoms with Gasteiger partial charge in [-0.25, -0.2) is 4.98 Å². The smallest absolute Gasteiger partial charge is 0.237 e. The number of nitriles is 2. The third-order valence-corrected chi connectivity index (χ3v) is 3.27. The number of anilines is 1. The highest BCUT2D eigenvalue weighted by Crippen LogP contribution is 2.15. The first-order valence-corrected chi connectivity index (χ1v) is 6.74. The molecular weight excluding hydrogens is 339 g/mol. The number of nitrogens with one attached hydrogen (secondary N) is 2. The van der Waals surface area contributed by atoms with Crippen LogP contribution in [0.15, 0.2) is 18.3 Å². The maximum atomic E-state index is 11.7. The van der Waals surface area contributed by atoms with E-state index in [0.717, 1.165) is 6.42 Å². The van der Waals surface area contributed by atoms with Gasteiger partial charge in [0.05, 0.1) is 18.2 Å². The SMILES string of the molecule is Cl.Cl.N#Cc1ccc(NCCNCC(=O)N2CC[C@H]2C#N)nc1. The molecule has 1 fully saturated rings. The largest absolute Gasteiger partial charge is 0.369 e. The summed E-state index contributed by atoms with van der Waals surface area (Å²) in [5, 5.41) is 23.5. The minimum absolute atomic E-state index is 0. The van der Waals surface area contributed by atoms with Crippen LogP contribution >= 0.6 is 24.8 Å². The minimum atomic E-state index is -0.250. The highest BCUT2D eigenvalue weighted by atomic mass is 35.5. The highest BCUT2D eigenvalue weighted by molar-refractivity contribution is 5.85. The number of hydrogen-bond acceptors (Lipinski definition) is 6. The standard InChI is InChI=1S/C14H16N6O.2ClH/c15-7-11-1-2-13(19-9-11)18-5-4-17-10-14(21)20-6-3-12(20)8-16;;/h1-2,9,12,17H,3-6,10H2,(H,18,19);2*1H/t12-;;/m0../s1. The Hall–Kier alpha value is -2.06. The second-order valence-electron chi connectivity index (χ2n) is 4.67. The number of carbonyl (C=O) groups excluding carboxylic acids is 1. The molecule has 0 spiro atoms. The van der Waals surface area contributed by atoms with Gasteiger partial charge in [0.2, 0.25) is 5.91 Å². The molecule has 1 aromatic heterocycles. The lowest BCUT2D eigenvalue weighted by atomic mass is 10.1. The van der Waals surface area contributed by atoms with Crippen molar-refractivity contribution in [2.45, 2.75) is 12.5 Å². The Morgan fingerprint density at radius 1 is 1.35 bits per heavy atom. The molecule has 1 aliphatic heterocycles. The second-order valence-corrected chi connectivity index (χ2v) is 4.67. The predicted octanol–water partition coefficient (Wildman–Crippen LogP) is 0.923. The Kier molecular flexibility index (Phi) is 9.68. The van der Waals surface area contributed by atoms with Crippen molar-refractivity contribution in [3.05, 3.63) is 23.9 Å². The normalized spacial score (nSPS) is 15.0. The van der Waals surface area contributed by atoms with Crippen molar-refractivity contribution in [2.75, 3.05) is 31.5 Å². The van der Waals surface area contributed by atoms with Crippen molar-refractivity contribution in [3.63, 3.8) is 0 Å². The molecule has 0 unspecified atom stereocenters. The fourth-order valence-electron chi connectivity index (χ4n) is 1.96. The van der Waals surface area contributed by atoms with E-state index >= 15 is 0 Å². The van der Waals surface area contributed by atoms with Gasteiger partial charge in [-0.1, -0.05) is 0 Å². The molecule has 1 amide bonds. The van der Waals surface area contributed by atoms with Crippen LogP contribution in [0.4, 0.5) is 5.82 Å². The molecule has 23 heavy (non-hydrogen) atoms. The fourth-order valence-corrected chi connectivity index (χ4v) is 1.96. The van der Waals surface area contributed by atoms with Crippen LogP contribution in [0.3, 0.4) is 0 Å². The quantitative estimate of drug-likeness (QED) is 0.734. The molecule has 0 bridgehead atoms. The molecule has 1 aliphatic rings. The van der Waals surface area contributed by atoms with Gasteiger partial charge < -0.3 is 15.5 Å². The van der Waals surface area contributed by atoms with E-state index in [2.05, 4.69) is 21.7 Å². The molecule has 9 heteroatoms. The zero-order chi connectivity index (χ0) is 15.1. The zero-order valence-electron chi connectivity index (χ0n) is 12.4. The highest BCUT2D eigenvalue weighted by Gasteiger charge is 2.31. The summed E-state index contributed by atoms with van der Waals surface area (Å²) in [6, 6.07) is 7.28. The van der Waals surface area contributed by atoms with Gasteiger partial charge in [0.15, 0.2) is 0 Å². The van der Waals surface area contributed by atoms with E-state index in [9.17, 15) is 4.79 Å². The van der Waals surface area contributed by atoms with Crippen molar-refractivity contribution >= 4 is 36.5 Å². The van der Waals surface area contributed by atoms with E-state index in [0.29, 0.717) is 31.0 Å². The minimum Gasteiger partial charge on any atom is -0.369 e.